The SMILES string of the molecule is COc1cc(NC2CCCSC2C)ccc1F. The van der Waals surface area contributed by atoms with Gasteiger partial charge >= 0.3 is 0 Å². The number of anilines is 1. The number of rotatable bonds is 3. The quantitative estimate of drug-likeness (QED) is 0.892. The van der Waals surface area contributed by atoms with E-state index in [9.17, 15) is 4.39 Å². The Hall–Kier alpha value is -0.900. The summed E-state index contributed by atoms with van der Waals surface area (Å²) in [5.74, 6) is 1.22. The van der Waals surface area contributed by atoms with Crippen LogP contribution in [0.1, 0.15) is 19.8 Å². The molecule has 0 spiro atoms. The van der Waals surface area contributed by atoms with Gasteiger partial charge < -0.3 is 10.1 Å². The smallest absolute Gasteiger partial charge is 0.165 e. The molecule has 0 aromatic heterocycles. The topological polar surface area (TPSA) is 21.3 Å². The molecule has 0 amide bonds. The van der Waals surface area contributed by atoms with Gasteiger partial charge in [0, 0.05) is 23.0 Å². The van der Waals surface area contributed by atoms with Crippen molar-refractivity contribution in [1.29, 1.82) is 0 Å². The number of ether oxygens (including phenoxy) is 1. The van der Waals surface area contributed by atoms with Crippen LogP contribution in [-0.4, -0.2) is 24.2 Å². The summed E-state index contributed by atoms with van der Waals surface area (Å²) in [6.45, 7) is 2.24. The lowest BCUT2D eigenvalue weighted by Gasteiger charge is -2.30. The molecular formula is C13H18FNOS. The molecule has 1 fully saturated rings. The average Bonchev–Trinajstić information content (AvgIpc) is 2.34. The first-order valence-electron chi connectivity index (χ1n) is 5.92. The molecule has 0 bridgehead atoms. The molecule has 17 heavy (non-hydrogen) atoms. The second-order valence-electron chi connectivity index (χ2n) is 4.32. The third-order valence-corrected chi connectivity index (χ3v) is 4.49. The molecule has 0 saturated carbocycles. The maximum Gasteiger partial charge on any atom is 0.165 e. The van der Waals surface area contributed by atoms with Gasteiger partial charge in [-0.15, -0.1) is 0 Å². The lowest BCUT2D eigenvalue weighted by atomic mass is 10.1. The number of hydrogen-bond acceptors (Lipinski definition) is 3. The van der Waals surface area contributed by atoms with Gasteiger partial charge in [-0.3, -0.25) is 0 Å². The summed E-state index contributed by atoms with van der Waals surface area (Å²) in [4.78, 5) is 0. The highest BCUT2D eigenvalue weighted by Gasteiger charge is 2.21. The number of benzene rings is 1. The van der Waals surface area contributed by atoms with Crippen LogP contribution in [-0.2, 0) is 0 Å². The van der Waals surface area contributed by atoms with Crippen molar-refractivity contribution in [2.45, 2.75) is 31.1 Å². The lowest BCUT2D eigenvalue weighted by Crippen LogP contribution is -2.32. The number of hydrogen-bond donors (Lipinski definition) is 1. The minimum atomic E-state index is -0.316. The number of methoxy groups -OCH3 is 1. The fourth-order valence-electron chi connectivity index (χ4n) is 2.08. The van der Waals surface area contributed by atoms with Gasteiger partial charge in [-0.05, 0) is 30.7 Å². The predicted octanol–water partition coefficient (Wildman–Crippen LogP) is 3.53. The Bertz CT molecular complexity index is 386. The molecule has 1 aliphatic heterocycles. The van der Waals surface area contributed by atoms with Crippen LogP contribution in [0.5, 0.6) is 5.75 Å². The van der Waals surface area contributed by atoms with E-state index in [4.69, 9.17) is 4.74 Å². The minimum Gasteiger partial charge on any atom is -0.494 e. The molecule has 0 radical (unpaired) electrons. The summed E-state index contributed by atoms with van der Waals surface area (Å²) in [6.07, 6.45) is 2.42. The van der Waals surface area contributed by atoms with E-state index in [0.717, 1.165) is 5.69 Å². The van der Waals surface area contributed by atoms with E-state index in [0.29, 0.717) is 17.0 Å². The Morgan fingerprint density at radius 2 is 2.29 bits per heavy atom. The van der Waals surface area contributed by atoms with E-state index in [1.807, 2.05) is 11.8 Å². The zero-order chi connectivity index (χ0) is 12.3. The monoisotopic (exact) mass is 255 g/mol. The fourth-order valence-corrected chi connectivity index (χ4v) is 3.22. The first-order valence-corrected chi connectivity index (χ1v) is 6.97. The maximum absolute atomic E-state index is 13.3. The molecule has 4 heteroatoms. The first kappa shape index (κ1) is 12.6. The maximum atomic E-state index is 13.3. The number of nitrogens with one attached hydrogen (secondary N) is 1. The summed E-state index contributed by atoms with van der Waals surface area (Å²) in [7, 11) is 1.49. The Balaban J connectivity index is 2.07. The van der Waals surface area contributed by atoms with Crippen LogP contribution in [0.2, 0.25) is 0 Å². The summed E-state index contributed by atoms with van der Waals surface area (Å²) in [5.41, 5.74) is 0.933. The highest BCUT2D eigenvalue weighted by Crippen LogP contribution is 2.29. The van der Waals surface area contributed by atoms with Gasteiger partial charge in [-0.25, -0.2) is 4.39 Å². The molecule has 1 aliphatic rings. The van der Waals surface area contributed by atoms with Crippen LogP contribution in [0.4, 0.5) is 10.1 Å². The molecule has 94 valence electrons. The molecule has 2 atom stereocenters. The van der Waals surface area contributed by atoms with E-state index >= 15 is 0 Å². The van der Waals surface area contributed by atoms with Crippen molar-refractivity contribution in [3.05, 3.63) is 24.0 Å². The van der Waals surface area contributed by atoms with E-state index in [-0.39, 0.29) is 5.82 Å². The van der Waals surface area contributed by atoms with Gasteiger partial charge in [-0.2, -0.15) is 11.8 Å². The van der Waals surface area contributed by atoms with Crippen molar-refractivity contribution < 1.29 is 9.13 Å². The molecule has 1 saturated heterocycles. The fraction of sp³-hybridized carbons (Fsp3) is 0.538. The number of halogens is 1. The Labute approximate surface area is 106 Å². The lowest BCUT2D eigenvalue weighted by molar-refractivity contribution is 0.386. The molecule has 2 nitrogen and oxygen atoms in total. The van der Waals surface area contributed by atoms with Crippen LogP contribution in [0.25, 0.3) is 0 Å². The Morgan fingerprint density at radius 3 is 3.00 bits per heavy atom. The highest BCUT2D eigenvalue weighted by atomic mass is 32.2. The van der Waals surface area contributed by atoms with Crippen molar-refractivity contribution in [2.24, 2.45) is 0 Å². The molecule has 2 rings (SSSR count). The summed E-state index contributed by atoms with van der Waals surface area (Å²) in [5, 5.41) is 4.06. The molecular weight excluding hydrogens is 237 g/mol. The normalized spacial score (nSPS) is 24.4. The largest absolute Gasteiger partial charge is 0.494 e. The molecule has 1 aromatic carbocycles. The first-order chi connectivity index (χ1) is 8.20. The van der Waals surface area contributed by atoms with Crippen LogP contribution >= 0.6 is 11.8 Å². The molecule has 1 aromatic rings. The molecule has 1 N–H and O–H groups in total. The Kier molecular flexibility index (Phi) is 4.15. The van der Waals surface area contributed by atoms with Crippen molar-refractivity contribution in [2.75, 3.05) is 18.2 Å². The third kappa shape index (κ3) is 3.06. The van der Waals surface area contributed by atoms with E-state index in [1.165, 1.54) is 31.8 Å². The van der Waals surface area contributed by atoms with Crippen molar-refractivity contribution in [3.8, 4) is 5.75 Å². The van der Waals surface area contributed by atoms with Crippen LogP contribution < -0.4 is 10.1 Å². The molecule has 1 heterocycles. The standard InChI is InChI=1S/C13H18FNOS/c1-9-12(4-3-7-17-9)15-10-5-6-11(14)13(8-10)16-2/h5-6,8-9,12,15H,3-4,7H2,1-2H3. The van der Waals surface area contributed by atoms with Gasteiger partial charge in [-0.1, -0.05) is 6.92 Å². The van der Waals surface area contributed by atoms with Crippen LogP contribution in [0.3, 0.4) is 0 Å². The number of thioether (sulfide) groups is 1. The van der Waals surface area contributed by atoms with Crippen molar-refractivity contribution >= 4 is 17.4 Å². The van der Waals surface area contributed by atoms with E-state index < -0.39 is 0 Å². The van der Waals surface area contributed by atoms with Gasteiger partial charge in [0.2, 0.25) is 0 Å². The zero-order valence-corrected chi connectivity index (χ0v) is 11.0. The summed E-state index contributed by atoms with van der Waals surface area (Å²) in [6, 6.07) is 5.40. The zero-order valence-electron chi connectivity index (χ0n) is 10.2. The minimum absolute atomic E-state index is 0.297. The van der Waals surface area contributed by atoms with Gasteiger partial charge in [0.25, 0.3) is 0 Å². The Morgan fingerprint density at radius 1 is 1.47 bits per heavy atom. The molecule has 0 aliphatic carbocycles. The van der Waals surface area contributed by atoms with Gasteiger partial charge in [0.1, 0.15) is 0 Å². The highest BCUT2D eigenvalue weighted by molar-refractivity contribution is 8.00. The van der Waals surface area contributed by atoms with Crippen LogP contribution in [0.15, 0.2) is 18.2 Å². The molecule has 2 unspecified atom stereocenters. The van der Waals surface area contributed by atoms with Crippen LogP contribution in [0, 0.1) is 5.82 Å². The second kappa shape index (κ2) is 5.63. The summed E-state index contributed by atoms with van der Waals surface area (Å²) >= 11 is 1.99. The van der Waals surface area contributed by atoms with Gasteiger partial charge in [0.05, 0.1) is 7.11 Å². The second-order valence-corrected chi connectivity index (χ2v) is 5.80. The van der Waals surface area contributed by atoms with E-state index in [1.54, 1.807) is 12.1 Å². The van der Waals surface area contributed by atoms with Crippen molar-refractivity contribution in [1.82, 2.24) is 0 Å². The average molecular weight is 255 g/mol. The van der Waals surface area contributed by atoms with Crippen molar-refractivity contribution in [3.63, 3.8) is 0 Å². The predicted molar refractivity (Wildman–Crippen MR) is 71.5 cm³/mol. The van der Waals surface area contributed by atoms with Gasteiger partial charge in [0.15, 0.2) is 11.6 Å². The third-order valence-electron chi connectivity index (χ3n) is 3.11. The van der Waals surface area contributed by atoms with E-state index in [2.05, 4.69) is 12.2 Å². The summed E-state index contributed by atoms with van der Waals surface area (Å²) < 4.78 is 18.2.